The predicted octanol–water partition coefficient (Wildman–Crippen LogP) is 1.41. The van der Waals surface area contributed by atoms with Crippen molar-refractivity contribution in [1.29, 1.82) is 0 Å². The molecule has 2 rings (SSSR count). The van der Waals surface area contributed by atoms with Crippen molar-refractivity contribution >= 4 is 5.97 Å². The third-order valence-electron chi connectivity index (χ3n) is 3.23. The molecular formula is C10H15N3O2. The summed E-state index contributed by atoms with van der Waals surface area (Å²) in [5.74, 6) is -0.745. The van der Waals surface area contributed by atoms with Crippen molar-refractivity contribution < 1.29 is 9.90 Å². The van der Waals surface area contributed by atoms with Gasteiger partial charge in [0, 0.05) is 0 Å². The first-order valence-corrected chi connectivity index (χ1v) is 5.30. The van der Waals surface area contributed by atoms with E-state index in [0.717, 1.165) is 25.7 Å². The lowest BCUT2D eigenvalue weighted by Crippen LogP contribution is -2.37. The molecule has 0 amide bonds. The molecule has 0 spiro atoms. The highest BCUT2D eigenvalue weighted by molar-refractivity contribution is 5.68. The summed E-state index contributed by atoms with van der Waals surface area (Å²) in [5.41, 5.74) is -0.284. The van der Waals surface area contributed by atoms with Crippen LogP contribution < -0.4 is 0 Å². The number of aromatic nitrogens is 3. The Balaban J connectivity index is 2.25. The lowest BCUT2D eigenvalue weighted by atomic mass is 9.79. The predicted molar refractivity (Wildman–Crippen MR) is 53.3 cm³/mol. The molecule has 0 aromatic carbocycles. The van der Waals surface area contributed by atoms with Crippen LogP contribution in [-0.2, 0) is 10.3 Å². The van der Waals surface area contributed by atoms with E-state index in [1.165, 1.54) is 6.42 Å². The zero-order valence-electron chi connectivity index (χ0n) is 8.59. The Kier molecular flexibility index (Phi) is 2.70. The van der Waals surface area contributed by atoms with Gasteiger partial charge in [-0.2, -0.15) is 0 Å². The fraction of sp³-hybridized carbons (Fsp3) is 0.700. The summed E-state index contributed by atoms with van der Waals surface area (Å²) >= 11 is 0. The minimum Gasteiger partial charge on any atom is -0.481 e. The van der Waals surface area contributed by atoms with Gasteiger partial charge in [0.15, 0.2) is 0 Å². The highest BCUT2D eigenvalue weighted by Crippen LogP contribution is 2.37. The van der Waals surface area contributed by atoms with E-state index in [1.807, 2.05) is 4.57 Å². The Morgan fingerprint density at radius 1 is 1.27 bits per heavy atom. The van der Waals surface area contributed by atoms with Crippen LogP contribution in [0.4, 0.5) is 0 Å². The molecule has 0 saturated heterocycles. The molecule has 1 heterocycles. The molecule has 1 aromatic heterocycles. The smallest absolute Gasteiger partial charge is 0.305 e. The molecule has 0 atom stereocenters. The topological polar surface area (TPSA) is 68.0 Å². The third-order valence-corrected chi connectivity index (χ3v) is 3.23. The van der Waals surface area contributed by atoms with Gasteiger partial charge in [-0.3, -0.25) is 4.79 Å². The number of carboxylic acid groups (broad SMARTS) is 1. The first-order valence-electron chi connectivity index (χ1n) is 5.30. The van der Waals surface area contributed by atoms with Crippen LogP contribution in [-0.4, -0.2) is 25.8 Å². The van der Waals surface area contributed by atoms with E-state index < -0.39 is 5.97 Å². The maximum atomic E-state index is 10.9. The van der Waals surface area contributed by atoms with Crippen molar-refractivity contribution in [2.45, 2.75) is 44.1 Å². The van der Waals surface area contributed by atoms with Crippen LogP contribution in [0.15, 0.2) is 12.7 Å². The molecule has 1 aliphatic carbocycles. The number of carbonyl (C=O) groups is 1. The van der Waals surface area contributed by atoms with Crippen LogP contribution in [0.5, 0.6) is 0 Å². The summed E-state index contributed by atoms with van der Waals surface area (Å²) in [6.07, 6.45) is 8.64. The largest absolute Gasteiger partial charge is 0.481 e. The van der Waals surface area contributed by atoms with E-state index in [-0.39, 0.29) is 12.0 Å². The second-order valence-electron chi connectivity index (χ2n) is 4.22. The van der Waals surface area contributed by atoms with Crippen LogP contribution in [0.1, 0.15) is 38.5 Å². The molecule has 1 N–H and O–H groups in total. The van der Waals surface area contributed by atoms with Gasteiger partial charge in [0.25, 0.3) is 0 Å². The van der Waals surface area contributed by atoms with E-state index in [0.29, 0.717) is 0 Å². The molecule has 0 aliphatic heterocycles. The van der Waals surface area contributed by atoms with E-state index in [9.17, 15) is 4.79 Å². The number of nitrogens with zero attached hydrogens (tertiary/aromatic N) is 3. The summed E-state index contributed by atoms with van der Waals surface area (Å²) in [4.78, 5) is 10.9. The molecule has 1 aromatic rings. The molecule has 5 heteroatoms. The van der Waals surface area contributed by atoms with E-state index in [1.54, 1.807) is 12.7 Å². The van der Waals surface area contributed by atoms with Gasteiger partial charge >= 0.3 is 5.97 Å². The fourth-order valence-electron chi connectivity index (χ4n) is 2.46. The van der Waals surface area contributed by atoms with Gasteiger partial charge in [-0.25, -0.2) is 0 Å². The minimum atomic E-state index is -0.745. The molecule has 1 aliphatic rings. The van der Waals surface area contributed by atoms with Crippen molar-refractivity contribution in [3.8, 4) is 0 Å². The number of rotatable bonds is 3. The Hall–Kier alpha value is -1.39. The molecule has 5 nitrogen and oxygen atoms in total. The summed E-state index contributed by atoms with van der Waals surface area (Å²) in [7, 11) is 0. The number of carboxylic acids is 1. The molecule has 0 radical (unpaired) electrons. The van der Waals surface area contributed by atoms with Crippen LogP contribution in [0.2, 0.25) is 0 Å². The minimum absolute atomic E-state index is 0.172. The molecule has 82 valence electrons. The molecule has 1 saturated carbocycles. The monoisotopic (exact) mass is 209 g/mol. The van der Waals surface area contributed by atoms with Crippen molar-refractivity contribution in [3.63, 3.8) is 0 Å². The highest BCUT2D eigenvalue weighted by atomic mass is 16.4. The average Bonchev–Trinajstić information content (AvgIpc) is 2.71. The summed E-state index contributed by atoms with van der Waals surface area (Å²) in [5, 5.41) is 16.5. The van der Waals surface area contributed by atoms with Gasteiger partial charge in [-0.1, -0.05) is 19.3 Å². The van der Waals surface area contributed by atoms with Crippen molar-refractivity contribution in [2.75, 3.05) is 0 Å². The van der Waals surface area contributed by atoms with Crippen LogP contribution in [0, 0.1) is 0 Å². The van der Waals surface area contributed by atoms with E-state index in [4.69, 9.17) is 5.11 Å². The van der Waals surface area contributed by atoms with Crippen molar-refractivity contribution in [2.24, 2.45) is 0 Å². The molecular weight excluding hydrogens is 194 g/mol. The Labute approximate surface area is 88.1 Å². The van der Waals surface area contributed by atoms with Gasteiger partial charge in [-0.15, -0.1) is 10.2 Å². The maximum Gasteiger partial charge on any atom is 0.305 e. The molecule has 15 heavy (non-hydrogen) atoms. The lowest BCUT2D eigenvalue weighted by molar-refractivity contribution is -0.140. The highest BCUT2D eigenvalue weighted by Gasteiger charge is 2.35. The zero-order chi connectivity index (χ0) is 10.7. The maximum absolute atomic E-state index is 10.9. The molecule has 1 fully saturated rings. The van der Waals surface area contributed by atoms with Crippen LogP contribution >= 0.6 is 0 Å². The van der Waals surface area contributed by atoms with Crippen LogP contribution in [0.25, 0.3) is 0 Å². The van der Waals surface area contributed by atoms with Gasteiger partial charge in [-0.05, 0) is 12.8 Å². The first kappa shape index (κ1) is 10.1. The Morgan fingerprint density at radius 3 is 2.40 bits per heavy atom. The second kappa shape index (κ2) is 4.00. The number of hydrogen-bond acceptors (Lipinski definition) is 3. The SMILES string of the molecule is O=C(O)CC1(n2cnnc2)CCCCC1. The Morgan fingerprint density at radius 2 is 1.87 bits per heavy atom. The van der Waals surface area contributed by atoms with E-state index >= 15 is 0 Å². The summed E-state index contributed by atoms with van der Waals surface area (Å²) in [6, 6.07) is 0. The van der Waals surface area contributed by atoms with Crippen LogP contribution in [0.3, 0.4) is 0 Å². The fourth-order valence-corrected chi connectivity index (χ4v) is 2.46. The van der Waals surface area contributed by atoms with Gasteiger partial charge in [0.2, 0.25) is 0 Å². The van der Waals surface area contributed by atoms with Crippen molar-refractivity contribution in [3.05, 3.63) is 12.7 Å². The molecule has 0 bridgehead atoms. The molecule has 0 unspecified atom stereocenters. The quantitative estimate of drug-likeness (QED) is 0.817. The van der Waals surface area contributed by atoms with Gasteiger partial charge < -0.3 is 9.67 Å². The number of hydrogen-bond donors (Lipinski definition) is 1. The first-order chi connectivity index (χ1) is 7.23. The normalized spacial score (nSPS) is 20.0. The van der Waals surface area contributed by atoms with E-state index in [2.05, 4.69) is 10.2 Å². The second-order valence-corrected chi connectivity index (χ2v) is 4.22. The number of aliphatic carboxylic acids is 1. The summed E-state index contributed by atoms with van der Waals surface area (Å²) < 4.78 is 1.88. The summed E-state index contributed by atoms with van der Waals surface area (Å²) in [6.45, 7) is 0. The zero-order valence-corrected chi connectivity index (χ0v) is 8.59. The third kappa shape index (κ3) is 2.00. The van der Waals surface area contributed by atoms with Gasteiger partial charge in [0.1, 0.15) is 12.7 Å². The lowest BCUT2D eigenvalue weighted by Gasteiger charge is -2.36. The average molecular weight is 209 g/mol. The van der Waals surface area contributed by atoms with Crippen molar-refractivity contribution in [1.82, 2.24) is 14.8 Å². The van der Waals surface area contributed by atoms with Gasteiger partial charge in [0.05, 0.1) is 12.0 Å². The Bertz CT molecular complexity index is 328. The standard InChI is InChI=1S/C10H15N3O2/c14-9(15)6-10(4-2-1-3-5-10)13-7-11-12-8-13/h7-8H,1-6H2,(H,14,15).